The molecule has 10 heteroatoms. The van der Waals surface area contributed by atoms with Crippen molar-refractivity contribution in [3.63, 3.8) is 0 Å². The SMILES string of the molecule is O=c1[nH]c(=O)n(C2CCCCC2)c(O)c1C1=NN[C@H](c2ccc([N+](=O)[O-])cc2)C1. The molecule has 152 valence electrons. The van der Waals surface area contributed by atoms with Crippen LogP contribution >= 0.6 is 0 Å². The summed E-state index contributed by atoms with van der Waals surface area (Å²) in [5.74, 6) is -0.351. The minimum absolute atomic E-state index is 0.00733. The first kappa shape index (κ1) is 18.9. The van der Waals surface area contributed by atoms with Crippen LogP contribution in [0.15, 0.2) is 39.0 Å². The lowest BCUT2D eigenvalue weighted by molar-refractivity contribution is -0.384. The maximum Gasteiger partial charge on any atom is 0.331 e. The normalized spacial score (nSPS) is 19.6. The smallest absolute Gasteiger partial charge is 0.331 e. The number of nitro groups is 1. The molecule has 1 saturated carbocycles. The number of nitro benzene ring substituents is 1. The fourth-order valence-electron chi connectivity index (χ4n) is 4.10. The maximum absolute atomic E-state index is 12.4. The van der Waals surface area contributed by atoms with E-state index in [9.17, 15) is 24.8 Å². The molecule has 1 aromatic carbocycles. The Hall–Kier alpha value is -3.43. The molecular formula is C19H21N5O5. The highest BCUT2D eigenvalue weighted by Gasteiger charge is 2.29. The molecule has 0 amide bonds. The van der Waals surface area contributed by atoms with Crippen LogP contribution in [0.3, 0.4) is 0 Å². The van der Waals surface area contributed by atoms with Crippen LogP contribution in [0.1, 0.15) is 61.7 Å². The van der Waals surface area contributed by atoms with Gasteiger partial charge in [-0.15, -0.1) is 0 Å². The van der Waals surface area contributed by atoms with Crippen LogP contribution in [0.4, 0.5) is 5.69 Å². The summed E-state index contributed by atoms with van der Waals surface area (Å²) < 4.78 is 1.28. The van der Waals surface area contributed by atoms with Gasteiger partial charge in [0.25, 0.3) is 11.2 Å². The second kappa shape index (κ2) is 7.53. The van der Waals surface area contributed by atoms with Crippen LogP contribution < -0.4 is 16.7 Å². The highest BCUT2D eigenvalue weighted by atomic mass is 16.6. The Kier molecular flexibility index (Phi) is 4.91. The monoisotopic (exact) mass is 399 g/mol. The van der Waals surface area contributed by atoms with E-state index in [-0.39, 0.29) is 29.2 Å². The topological polar surface area (TPSA) is 143 Å². The van der Waals surface area contributed by atoms with Crippen molar-refractivity contribution >= 4 is 11.4 Å². The Morgan fingerprint density at radius 3 is 2.48 bits per heavy atom. The third kappa shape index (κ3) is 3.53. The number of aromatic nitrogens is 2. The molecule has 1 fully saturated rings. The summed E-state index contributed by atoms with van der Waals surface area (Å²) in [7, 11) is 0. The highest BCUT2D eigenvalue weighted by molar-refractivity contribution is 6.03. The molecule has 0 unspecified atom stereocenters. The van der Waals surface area contributed by atoms with Gasteiger partial charge in [0.2, 0.25) is 5.88 Å². The first-order valence-corrected chi connectivity index (χ1v) is 9.60. The molecule has 0 spiro atoms. The lowest BCUT2D eigenvalue weighted by atomic mass is 9.95. The minimum Gasteiger partial charge on any atom is -0.494 e. The van der Waals surface area contributed by atoms with Crippen LogP contribution in [-0.2, 0) is 0 Å². The van der Waals surface area contributed by atoms with Gasteiger partial charge in [0.05, 0.1) is 16.7 Å². The molecule has 0 bridgehead atoms. The molecule has 0 radical (unpaired) electrons. The van der Waals surface area contributed by atoms with Crippen molar-refractivity contribution in [3.05, 3.63) is 66.3 Å². The van der Waals surface area contributed by atoms with Gasteiger partial charge in [0, 0.05) is 24.6 Å². The molecule has 1 aromatic heterocycles. The lowest BCUT2D eigenvalue weighted by Gasteiger charge is -2.25. The molecule has 1 aliphatic carbocycles. The summed E-state index contributed by atoms with van der Waals surface area (Å²) in [6, 6.07) is 5.63. The number of hydrazone groups is 1. The summed E-state index contributed by atoms with van der Waals surface area (Å²) in [5, 5.41) is 25.8. The van der Waals surface area contributed by atoms with Gasteiger partial charge >= 0.3 is 5.69 Å². The average Bonchev–Trinajstić information content (AvgIpc) is 3.18. The molecule has 1 aliphatic heterocycles. The van der Waals surface area contributed by atoms with Gasteiger partial charge in [-0.3, -0.25) is 24.5 Å². The number of non-ortho nitro benzene ring substituents is 1. The van der Waals surface area contributed by atoms with Crippen molar-refractivity contribution in [3.8, 4) is 5.88 Å². The Bertz CT molecular complexity index is 1080. The summed E-state index contributed by atoms with van der Waals surface area (Å²) in [6.07, 6.45) is 4.88. The minimum atomic E-state index is -0.676. The van der Waals surface area contributed by atoms with E-state index in [0.717, 1.165) is 37.7 Å². The van der Waals surface area contributed by atoms with Crippen LogP contribution in [0.5, 0.6) is 5.88 Å². The van der Waals surface area contributed by atoms with E-state index in [0.29, 0.717) is 12.1 Å². The quantitative estimate of drug-likeness (QED) is 0.531. The van der Waals surface area contributed by atoms with Crippen LogP contribution in [0.25, 0.3) is 0 Å². The second-order valence-corrected chi connectivity index (χ2v) is 7.41. The number of nitrogens with zero attached hydrogens (tertiary/aromatic N) is 3. The zero-order valence-corrected chi connectivity index (χ0v) is 15.6. The first-order valence-electron chi connectivity index (χ1n) is 9.60. The highest BCUT2D eigenvalue weighted by Crippen LogP contribution is 2.32. The molecule has 4 rings (SSSR count). The van der Waals surface area contributed by atoms with E-state index in [1.165, 1.54) is 16.7 Å². The molecule has 2 heterocycles. The number of hydrogen-bond acceptors (Lipinski definition) is 7. The molecule has 29 heavy (non-hydrogen) atoms. The van der Waals surface area contributed by atoms with Gasteiger partial charge < -0.3 is 10.5 Å². The van der Waals surface area contributed by atoms with E-state index in [1.54, 1.807) is 12.1 Å². The summed E-state index contributed by atoms with van der Waals surface area (Å²) in [5.41, 5.74) is 2.71. The number of aromatic hydroxyl groups is 1. The Morgan fingerprint density at radius 1 is 1.14 bits per heavy atom. The molecule has 2 aromatic rings. The summed E-state index contributed by atoms with van der Waals surface area (Å²) >= 11 is 0. The number of H-pyrrole nitrogens is 1. The number of nitrogens with one attached hydrogen (secondary N) is 2. The van der Waals surface area contributed by atoms with Crippen LogP contribution in [0, 0.1) is 10.1 Å². The van der Waals surface area contributed by atoms with Crippen molar-refractivity contribution in [1.82, 2.24) is 15.0 Å². The predicted octanol–water partition coefficient (Wildman–Crippen LogP) is 2.09. The van der Waals surface area contributed by atoms with Crippen molar-refractivity contribution < 1.29 is 10.0 Å². The number of hydrogen-bond donors (Lipinski definition) is 3. The third-order valence-corrected chi connectivity index (χ3v) is 5.61. The van der Waals surface area contributed by atoms with Gasteiger partial charge in [-0.2, -0.15) is 5.10 Å². The van der Waals surface area contributed by atoms with Gasteiger partial charge in [-0.25, -0.2) is 4.79 Å². The molecule has 10 nitrogen and oxygen atoms in total. The first-order chi connectivity index (χ1) is 14.0. The van der Waals surface area contributed by atoms with Crippen LogP contribution in [-0.4, -0.2) is 25.3 Å². The van der Waals surface area contributed by atoms with E-state index in [1.807, 2.05) is 0 Å². The van der Waals surface area contributed by atoms with E-state index < -0.39 is 16.2 Å². The zero-order chi connectivity index (χ0) is 20.5. The molecule has 2 aliphatic rings. The van der Waals surface area contributed by atoms with E-state index in [2.05, 4.69) is 15.5 Å². The Labute approximate surface area is 165 Å². The number of aromatic amines is 1. The maximum atomic E-state index is 12.4. The van der Waals surface area contributed by atoms with Gasteiger partial charge in [0.15, 0.2) is 0 Å². The molecule has 1 atom stereocenters. The molecular weight excluding hydrogens is 378 g/mol. The zero-order valence-electron chi connectivity index (χ0n) is 15.6. The van der Waals surface area contributed by atoms with Crippen molar-refractivity contribution in [1.29, 1.82) is 0 Å². The van der Waals surface area contributed by atoms with E-state index in [4.69, 9.17) is 0 Å². The summed E-state index contributed by atoms with van der Waals surface area (Å²) in [4.78, 5) is 37.4. The predicted molar refractivity (Wildman–Crippen MR) is 105 cm³/mol. The fraction of sp³-hybridized carbons (Fsp3) is 0.421. The lowest BCUT2D eigenvalue weighted by Crippen LogP contribution is -2.36. The van der Waals surface area contributed by atoms with Gasteiger partial charge in [0.1, 0.15) is 5.56 Å². The van der Waals surface area contributed by atoms with Crippen molar-refractivity contribution in [2.24, 2.45) is 5.10 Å². The molecule has 3 N–H and O–H groups in total. The second-order valence-electron chi connectivity index (χ2n) is 7.41. The van der Waals surface area contributed by atoms with Crippen molar-refractivity contribution in [2.45, 2.75) is 50.6 Å². The van der Waals surface area contributed by atoms with Crippen LogP contribution in [0.2, 0.25) is 0 Å². The van der Waals surface area contributed by atoms with E-state index >= 15 is 0 Å². The summed E-state index contributed by atoms with van der Waals surface area (Å²) in [6.45, 7) is 0. The Balaban J connectivity index is 1.63. The molecule has 0 saturated heterocycles. The largest absolute Gasteiger partial charge is 0.494 e. The Morgan fingerprint density at radius 2 is 1.83 bits per heavy atom. The van der Waals surface area contributed by atoms with Gasteiger partial charge in [-0.1, -0.05) is 31.4 Å². The standard InChI is InChI=1S/C19H21N5O5/c25-17-16(18(26)23(19(27)20-17)12-4-2-1-3-5-12)15-10-14(21-22-15)11-6-8-13(9-7-11)24(28)29/h6-9,12,14,21,26H,1-5,10H2,(H,20,25,27)/t14-/m0/s1. The third-order valence-electron chi connectivity index (χ3n) is 5.61. The van der Waals surface area contributed by atoms with Crippen molar-refractivity contribution in [2.75, 3.05) is 0 Å². The average molecular weight is 399 g/mol. The fourth-order valence-corrected chi connectivity index (χ4v) is 4.10. The van der Waals surface area contributed by atoms with Gasteiger partial charge in [-0.05, 0) is 18.4 Å². The number of benzene rings is 1. The number of rotatable bonds is 4.